The molecule has 7 heteroatoms. The number of sulfonamides is 1. The lowest BCUT2D eigenvalue weighted by molar-refractivity contribution is 0.286. The molecule has 0 heterocycles. The van der Waals surface area contributed by atoms with E-state index in [9.17, 15) is 12.8 Å². The summed E-state index contributed by atoms with van der Waals surface area (Å²) in [5.74, 6) is 0.151. The predicted molar refractivity (Wildman–Crippen MR) is 85.9 cm³/mol. The van der Waals surface area contributed by atoms with Crippen LogP contribution < -0.4 is 4.74 Å². The second-order valence-corrected chi connectivity index (χ2v) is 7.54. The number of likely N-dealkylation sites (N-methyl/N-ethyl adjacent to an activating group) is 1. The van der Waals surface area contributed by atoms with Crippen LogP contribution in [0.4, 0.5) is 4.39 Å². The van der Waals surface area contributed by atoms with Gasteiger partial charge in [-0.3, -0.25) is 0 Å². The van der Waals surface area contributed by atoms with E-state index in [0.717, 1.165) is 4.47 Å². The SMILES string of the molecule is CN(CCOc1ccc(F)cc1)S(=O)(=O)c1ccc(Br)cc1. The number of hydrogen-bond acceptors (Lipinski definition) is 3. The standard InChI is InChI=1S/C15H15BrFNO3S/c1-18(10-11-21-14-6-4-13(17)5-7-14)22(19,20)15-8-2-12(16)3-9-15/h2-9H,10-11H2,1H3. The number of halogens is 2. The van der Waals surface area contributed by atoms with Crippen molar-refractivity contribution in [3.8, 4) is 5.75 Å². The molecule has 0 unspecified atom stereocenters. The smallest absolute Gasteiger partial charge is 0.242 e. The zero-order valence-electron chi connectivity index (χ0n) is 11.9. The first kappa shape index (κ1) is 16.9. The van der Waals surface area contributed by atoms with Crippen molar-refractivity contribution in [2.75, 3.05) is 20.2 Å². The van der Waals surface area contributed by atoms with Gasteiger partial charge in [-0.05, 0) is 48.5 Å². The molecule has 2 aromatic rings. The van der Waals surface area contributed by atoms with Crippen LogP contribution in [0.1, 0.15) is 0 Å². The molecule has 2 rings (SSSR count). The fraction of sp³-hybridized carbons (Fsp3) is 0.200. The van der Waals surface area contributed by atoms with Crippen LogP contribution in [0.15, 0.2) is 57.9 Å². The second kappa shape index (κ2) is 7.21. The predicted octanol–water partition coefficient (Wildman–Crippen LogP) is 3.29. The first-order chi connectivity index (χ1) is 10.4. The van der Waals surface area contributed by atoms with E-state index in [1.54, 1.807) is 12.1 Å². The Morgan fingerprint density at radius 3 is 2.27 bits per heavy atom. The lowest BCUT2D eigenvalue weighted by Gasteiger charge is -2.17. The van der Waals surface area contributed by atoms with Crippen LogP contribution in [0.5, 0.6) is 5.75 Å². The van der Waals surface area contributed by atoms with Crippen molar-refractivity contribution in [3.05, 3.63) is 58.8 Å². The largest absolute Gasteiger partial charge is 0.492 e. The third-order valence-corrected chi connectivity index (χ3v) is 5.41. The van der Waals surface area contributed by atoms with Gasteiger partial charge < -0.3 is 4.74 Å². The molecule has 4 nitrogen and oxygen atoms in total. The molecular weight excluding hydrogens is 373 g/mol. The van der Waals surface area contributed by atoms with Crippen molar-refractivity contribution in [1.29, 1.82) is 0 Å². The number of benzene rings is 2. The third kappa shape index (κ3) is 4.28. The first-order valence-corrected chi connectivity index (χ1v) is 8.73. The highest BCUT2D eigenvalue weighted by Gasteiger charge is 2.20. The zero-order chi connectivity index (χ0) is 16.2. The minimum atomic E-state index is -3.54. The average molecular weight is 388 g/mol. The van der Waals surface area contributed by atoms with Gasteiger partial charge in [0.2, 0.25) is 10.0 Å². The minimum Gasteiger partial charge on any atom is -0.492 e. The molecule has 22 heavy (non-hydrogen) atoms. The second-order valence-electron chi connectivity index (χ2n) is 4.58. The molecule has 0 spiro atoms. The number of rotatable bonds is 6. The molecule has 0 bridgehead atoms. The maximum Gasteiger partial charge on any atom is 0.242 e. The highest BCUT2D eigenvalue weighted by atomic mass is 79.9. The van der Waals surface area contributed by atoms with Crippen molar-refractivity contribution in [1.82, 2.24) is 4.31 Å². The van der Waals surface area contributed by atoms with Crippen LogP contribution in [0.3, 0.4) is 0 Å². The molecule has 0 aliphatic heterocycles. The molecule has 0 fully saturated rings. The van der Waals surface area contributed by atoms with Gasteiger partial charge in [0.25, 0.3) is 0 Å². The summed E-state index contributed by atoms with van der Waals surface area (Å²) in [5.41, 5.74) is 0. The van der Waals surface area contributed by atoms with E-state index in [1.165, 1.54) is 47.8 Å². The first-order valence-electron chi connectivity index (χ1n) is 6.50. The highest BCUT2D eigenvalue weighted by Crippen LogP contribution is 2.18. The molecular formula is C15H15BrFNO3S. The molecule has 0 saturated carbocycles. The molecule has 0 aliphatic rings. The van der Waals surface area contributed by atoms with E-state index >= 15 is 0 Å². The van der Waals surface area contributed by atoms with Crippen molar-refractivity contribution >= 4 is 26.0 Å². The van der Waals surface area contributed by atoms with Crippen molar-refractivity contribution < 1.29 is 17.5 Å². The summed E-state index contributed by atoms with van der Waals surface area (Å²) in [6, 6.07) is 12.0. The van der Waals surface area contributed by atoms with Gasteiger partial charge in [0.05, 0.1) is 4.90 Å². The number of hydrogen-bond donors (Lipinski definition) is 0. The van der Waals surface area contributed by atoms with Gasteiger partial charge in [-0.15, -0.1) is 0 Å². The molecule has 0 amide bonds. The molecule has 118 valence electrons. The zero-order valence-corrected chi connectivity index (χ0v) is 14.3. The van der Waals surface area contributed by atoms with Crippen molar-refractivity contribution in [3.63, 3.8) is 0 Å². The Bertz CT molecular complexity index is 717. The Morgan fingerprint density at radius 1 is 1.09 bits per heavy atom. The van der Waals surface area contributed by atoms with E-state index in [1.807, 2.05) is 0 Å². The van der Waals surface area contributed by atoms with Crippen molar-refractivity contribution in [2.24, 2.45) is 0 Å². The van der Waals surface area contributed by atoms with Crippen LogP contribution in [0, 0.1) is 5.82 Å². The molecule has 0 radical (unpaired) electrons. The highest BCUT2D eigenvalue weighted by molar-refractivity contribution is 9.10. The molecule has 0 atom stereocenters. The Kier molecular flexibility index (Phi) is 5.55. The van der Waals surface area contributed by atoms with E-state index in [4.69, 9.17) is 4.74 Å². The number of nitrogens with zero attached hydrogens (tertiary/aromatic N) is 1. The summed E-state index contributed by atoms with van der Waals surface area (Å²) in [4.78, 5) is 0.222. The fourth-order valence-electron chi connectivity index (χ4n) is 1.73. The van der Waals surface area contributed by atoms with Crippen LogP contribution in [-0.2, 0) is 10.0 Å². The summed E-state index contributed by atoms with van der Waals surface area (Å²) in [6.45, 7) is 0.369. The summed E-state index contributed by atoms with van der Waals surface area (Å²) in [7, 11) is -2.05. The maximum atomic E-state index is 12.8. The molecule has 0 aliphatic carbocycles. The summed E-state index contributed by atoms with van der Waals surface area (Å²) in [5, 5.41) is 0. The van der Waals surface area contributed by atoms with E-state index in [-0.39, 0.29) is 23.9 Å². The quantitative estimate of drug-likeness (QED) is 0.763. The maximum absolute atomic E-state index is 12.8. The van der Waals surface area contributed by atoms with E-state index in [2.05, 4.69) is 15.9 Å². The van der Waals surface area contributed by atoms with E-state index < -0.39 is 10.0 Å². The fourth-order valence-corrected chi connectivity index (χ4v) is 3.15. The van der Waals surface area contributed by atoms with Gasteiger partial charge in [0.15, 0.2) is 0 Å². The van der Waals surface area contributed by atoms with Gasteiger partial charge in [-0.25, -0.2) is 12.8 Å². The van der Waals surface area contributed by atoms with Gasteiger partial charge >= 0.3 is 0 Å². The van der Waals surface area contributed by atoms with Crippen LogP contribution in [-0.4, -0.2) is 32.9 Å². The Hall–Kier alpha value is -1.44. The van der Waals surface area contributed by atoms with Crippen molar-refractivity contribution in [2.45, 2.75) is 4.90 Å². The monoisotopic (exact) mass is 387 g/mol. The molecule has 0 aromatic heterocycles. The van der Waals surface area contributed by atoms with Gasteiger partial charge in [0.1, 0.15) is 18.2 Å². The van der Waals surface area contributed by atoms with Gasteiger partial charge in [0, 0.05) is 18.1 Å². The molecule has 2 aromatic carbocycles. The van der Waals surface area contributed by atoms with E-state index in [0.29, 0.717) is 5.75 Å². The minimum absolute atomic E-state index is 0.178. The Labute approximate surface area is 137 Å². The lowest BCUT2D eigenvalue weighted by atomic mass is 10.3. The molecule has 0 N–H and O–H groups in total. The molecule has 0 saturated heterocycles. The van der Waals surface area contributed by atoms with Crippen LogP contribution >= 0.6 is 15.9 Å². The summed E-state index contributed by atoms with van der Waals surface area (Å²) >= 11 is 3.27. The lowest BCUT2D eigenvalue weighted by Crippen LogP contribution is -2.31. The summed E-state index contributed by atoms with van der Waals surface area (Å²) in [6.07, 6.45) is 0. The topological polar surface area (TPSA) is 46.6 Å². The summed E-state index contributed by atoms with van der Waals surface area (Å²) < 4.78 is 44.9. The average Bonchev–Trinajstić information content (AvgIpc) is 2.49. The van der Waals surface area contributed by atoms with Gasteiger partial charge in [-0.1, -0.05) is 15.9 Å². The van der Waals surface area contributed by atoms with Crippen LogP contribution in [0.2, 0.25) is 0 Å². The number of ether oxygens (including phenoxy) is 1. The van der Waals surface area contributed by atoms with Crippen LogP contribution in [0.25, 0.3) is 0 Å². The Balaban J connectivity index is 1.94. The Morgan fingerprint density at radius 2 is 1.68 bits per heavy atom. The third-order valence-electron chi connectivity index (χ3n) is 3.01. The van der Waals surface area contributed by atoms with Gasteiger partial charge in [-0.2, -0.15) is 4.31 Å². The normalized spacial score (nSPS) is 11.6.